The molecule has 38 heavy (non-hydrogen) atoms. The van der Waals surface area contributed by atoms with E-state index in [0.29, 0.717) is 5.92 Å². The Kier molecular flexibility index (Phi) is 6.58. The van der Waals surface area contributed by atoms with Gasteiger partial charge in [0.05, 0.1) is 0 Å². The fourth-order valence-electron chi connectivity index (χ4n) is 6.59. The molecule has 6 rings (SSSR count). The first kappa shape index (κ1) is 24.9. The van der Waals surface area contributed by atoms with Crippen molar-refractivity contribution in [2.45, 2.75) is 59.8 Å². The second-order valence-electron chi connectivity index (χ2n) is 11.4. The summed E-state index contributed by atoms with van der Waals surface area (Å²) in [6.45, 7) is 11.1. The van der Waals surface area contributed by atoms with E-state index in [9.17, 15) is 0 Å². The highest BCUT2D eigenvalue weighted by Crippen LogP contribution is 2.45. The lowest BCUT2D eigenvalue weighted by molar-refractivity contribution is 0.716. The standard InChI is InChI=1S/C37H36Si/c1-6-9-34-33-13-8-12-32(29-18-25(4)15-26(5)19-29)36(33)22-37(34)38-30-20-27-10-7-11-31(35(27)21-30)28-16-23(2)14-24(3)17-28/h7-8,10-19,21-22,34H,6,9,20H2,1-5H3. The zero-order chi connectivity index (χ0) is 26.4. The van der Waals surface area contributed by atoms with Crippen molar-refractivity contribution in [3.8, 4) is 22.3 Å². The van der Waals surface area contributed by atoms with Gasteiger partial charge in [-0.2, -0.15) is 0 Å². The Morgan fingerprint density at radius 3 is 1.87 bits per heavy atom. The molecule has 0 aliphatic heterocycles. The van der Waals surface area contributed by atoms with Gasteiger partial charge in [-0.15, -0.1) is 0 Å². The number of benzene rings is 4. The van der Waals surface area contributed by atoms with E-state index in [4.69, 9.17) is 0 Å². The lowest BCUT2D eigenvalue weighted by atomic mass is 9.91. The Morgan fingerprint density at radius 1 is 0.684 bits per heavy atom. The van der Waals surface area contributed by atoms with Crippen LogP contribution in [0.1, 0.15) is 70.2 Å². The summed E-state index contributed by atoms with van der Waals surface area (Å²) in [4.78, 5) is 0. The summed E-state index contributed by atoms with van der Waals surface area (Å²) >= 11 is 0. The molecule has 2 aliphatic carbocycles. The van der Waals surface area contributed by atoms with Crippen LogP contribution in [0.3, 0.4) is 0 Å². The van der Waals surface area contributed by atoms with Gasteiger partial charge in [0, 0.05) is 5.92 Å². The minimum Gasteiger partial charge on any atom is -0.0748 e. The minimum atomic E-state index is 0.530. The fraction of sp³-hybridized carbons (Fsp3) is 0.243. The van der Waals surface area contributed by atoms with Crippen molar-refractivity contribution in [1.82, 2.24) is 0 Å². The van der Waals surface area contributed by atoms with Gasteiger partial charge in [0.25, 0.3) is 0 Å². The number of hydrogen-bond donors (Lipinski definition) is 0. The number of rotatable bonds is 6. The highest BCUT2D eigenvalue weighted by Gasteiger charge is 2.29. The second-order valence-corrected chi connectivity index (χ2v) is 12.8. The summed E-state index contributed by atoms with van der Waals surface area (Å²) in [6, 6.07) is 27.7. The van der Waals surface area contributed by atoms with Crippen LogP contribution in [0.2, 0.25) is 0 Å². The number of aryl methyl sites for hydroxylation is 4. The molecule has 1 unspecified atom stereocenters. The van der Waals surface area contributed by atoms with E-state index in [2.05, 4.69) is 120 Å². The second kappa shape index (κ2) is 10.0. The molecule has 0 heterocycles. The molecule has 0 aromatic heterocycles. The van der Waals surface area contributed by atoms with Crippen LogP contribution in [0.15, 0.2) is 83.2 Å². The van der Waals surface area contributed by atoms with Gasteiger partial charge in [-0.05, 0) is 85.0 Å². The van der Waals surface area contributed by atoms with Gasteiger partial charge < -0.3 is 0 Å². The Hall–Kier alpha value is -3.42. The third kappa shape index (κ3) is 4.65. The summed E-state index contributed by atoms with van der Waals surface area (Å²) < 4.78 is 0. The monoisotopic (exact) mass is 508 g/mol. The first-order valence-electron chi connectivity index (χ1n) is 14.0. The van der Waals surface area contributed by atoms with Crippen LogP contribution < -0.4 is 0 Å². The van der Waals surface area contributed by atoms with Crippen LogP contribution in [0, 0.1) is 27.7 Å². The van der Waals surface area contributed by atoms with Crippen LogP contribution in [0.4, 0.5) is 0 Å². The molecule has 188 valence electrons. The molecule has 2 aliphatic rings. The van der Waals surface area contributed by atoms with Crippen LogP contribution >= 0.6 is 0 Å². The number of allylic oxidation sites excluding steroid dienone is 2. The highest BCUT2D eigenvalue weighted by molar-refractivity contribution is 6.57. The van der Waals surface area contributed by atoms with Crippen molar-refractivity contribution in [3.63, 3.8) is 0 Å². The maximum Gasteiger partial charge on any atom is 0.111 e. The largest absolute Gasteiger partial charge is 0.111 e. The van der Waals surface area contributed by atoms with E-state index in [1.54, 1.807) is 10.4 Å². The maximum atomic E-state index is 2.55. The molecule has 0 saturated heterocycles. The van der Waals surface area contributed by atoms with E-state index in [0.717, 1.165) is 15.9 Å². The minimum absolute atomic E-state index is 0.530. The number of hydrogen-bond acceptors (Lipinski definition) is 0. The van der Waals surface area contributed by atoms with Crippen molar-refractivity contribution >= 4 is 21.7 Å². The molecule has 1 heteroatoms. The van der Waals surface area contributed by atoms with E-state index in [1.807, 2.05) is 0 Å². The van der Waals surface area contributed by atoms with E-state index in [-0.39, 0.29) is 0 Å². The number of fused-ring (bicyclic) bond motifs is 2. The molecule has 0 amide bonds. The van der Waals surface area contributed by atoms with Crippen molar-refractivity contribution in [2.75, 3.05) is 0 Å². The smallest absolute Gasteiger partial charge is 0.0748 e. The highest BCUT2D eigenvalue weighted by atomic mass is 28.2. The van der Waals surface area contributed by atoms with Gasteiger partial charge in [0.2, 0.25) is 0 Å². The Labute approximate surface area is 231 Å². The molecule has 0 bridgehead atoms. The SMILES string of the molecule is CCCC1C([Si]C2=Cc3c(cccc3-c3cc(C)cc(C)c3)C2)=Cc2c(-c3cc(C)cc(C)c3)cccc21. The molecule has 0 saturated carbocycles. The van der Waals surface area contributed by atoms with Crippen LogP contribution in [0.25, 0.3) is 34.4 Å². The topological polar surface area (TPSA) is 0 Å². The Balaban J connectivity index is 1.37. The van der Waals surface area contributed by atoms with Crippen molar-refractivity contribution in [2.24, 2.45) is 0 Å². The quantitative estimate of drug-likeness (QED) is 0.227. The molecular weight excluding hydrogens is 472 g/mol. The van der Waals surface area contributed by atoms with Crippen molar-refractivity contribution < 1.29 is 0 Å². The molecule has 1 atom stereocenters. The summed E-state index contributed by atoms with van der Waals surface area (Å²) in [6.07, 6.45) is 8.56. The van der Waals surface area contributed by atoms with Crippen LogP contribution in [0.5, 0.6) is 0 Å². The Morgan fingerprint density at radius 2 is 1.26 bits per heavy atom. The molecule has 0 nitrogen and oxygen atoms in total. The van der Waals surface area contributed by atoms with Crippen LogP contribution in [-0.2, 0) is 6.42 Å². The van der Waals surface area contributed by atoms with Gasteiger partial charge in [0.15, 0.2) is 0 Å². The lowest BCUT2D eigenvalue weighted by Gasteiger charge is -2.17. The van der Waals surface area contributed by atoms with E-state index < -0.39 is 0 Å². The van der Waals surface area contributed by atoms with Gasteiger partial charge >= 0.3 is 0 Å². The predicted molar refractivity (Wildman–Crippen MR) is 166 cm³/mol. The normalized spacial score (nSPS) is 15.8. The van der Waals surface area contributed by atoms with Gasteiger partial charge in [-0.3, -0.25) is 0 Å². The van der Waals surface area contributed by atoms with Gasteiger partial charge in [-0.25, -0.2) is 0 Å². The summed E-state index contributed by atoms with van der Waals surface area (Å²) in [5, 5.41) is 3.19. The average molecular weight is 509 g/mol. The first-order valence-corrected chi connectivity index (χ1v) is 15.0. The third-order valence-electron chi connectivity index (χ3n) is 8.03. The molecule has 4 aromatic rings. The van der Waals surface area contributed by atoms with Gasteiger partial charge in [-0.1, -0.05) is 131 Å². The average Bonchev–Trinajstić information content (AvgIpc) is 3.44. The predicted octanol–water partition coefficient (Wildman–Crippen LogP) is 9.79. The Bertz CT molecular complexity index is 1570. The van der Waals surface area contributed by atoms with E-state index in [1.165, 1.54) is 79.6 Å². The van der Waals surface area contributed by atoms with Crippen LogP contribution in [-0.4, -0.2) is 9.52 Å². The van der Waals surface area contributed by atoms with Crippen molar-refractivity contribution in [3.05, 3.63) is 128 Å². The molecular formula is C37H36Si. The first-order chi connectivity index (χ1) is 18.4. The lowest BCUT2D eigenvalue weighted by Crippen LogP contribution is -2.08. The van der Waals surface area contributed by atoms with Gasteiger partial charge in [0.1, 0.15) is 9.52 Å². The molecule has 0 N–H and O–H groups in total. The molecule has 0 fully saturated rings. The molecule has 0 spiro atoms. The fourth-order valence-corrected chi connectivity index (χ4v) is 8.15. The zero-order valence-electron chi connectivity index (χ0n) is 23.3. The van der Waals surface area contributed by atoms with Crippen molar-refractivity contribution in [1.29, 1.82) is 0 Å². The maximum absolute atomic E-state index is 2.55. The summed E-state index contributed by atoms with van der Waals surface area (Å²) in [7, 11) is 0.743. The summed E-state index contributed by atoms with van der Waals surface area (Å²) in [5.41, 5.74) is 16.7. The zero-order valence-corrected chi connectivity index (χ0v) is 24.3. The summed E-state index contributed by atoms with van der Waals surface area (Å²) in [5.74, 6) is 0.530. The molecule has 4 aromatic carbocycles. The third-order valence-corrected chi connectivity index (χ3v) is 9.46. The molecule has 2 radical (unpaired) electrons. The van der Waals surface area contributed by atoms with E-state index >= 15 is 0 Å².